The minimum atomic E-state index is -0.171. The van der Waals surface area contributed by atoms with Crippen LogP contribution < -0.4 is 10.1 Å². The number of H-pyrrole nitrogens is 1. The molecule has 32 heavy (non-hydrogen) atoms. The van der Waals surface area contributed by atoms with Gasteiger partial charge in [-0.05, 0) is 47.1 Å². The Morgan fingerprint density at radius 2 is 1.78 bits per heavy atom. The number of benzene rings is 2. The summed E-state index contributed by atoms with van der Waals surface area (Å²) in [6.07, 6.45) is 2.37. The van der Waals surface area contributed by atoms with E-state index in [2.05, 4.69) is 72.7 Å². The lowest BCUT2D eigenvalue weighted by Gasteiger charge is -2.38. The van der Waals surface area contributed by atoms with Gasteiger partial charge in [0, 0.05) is 29.2 Å². The highest BCUT2D eigenvalue weighted by atomic mass is 16.5. The predicted octanol–water partition coefficient (Wildman–Crippen LogP) is 5.85. The predicted molar refractivity (Wildman–Crippen MR) is 127 cm³/mol. The lowest BCUT2D eigenvalue weighted by molar-refractivity contribution is -0.118. The van der Waals surface area contributed by atoms with E-state index in [0.29, 0.717) is 6.42 Å². The summed E-state index contributed by atoms with van der Waals surface area (Å²) >= 11 is 0. The number of anilines is 1. The number of hydrogen-bond acceptors (Lipinski definition) is 4. The fourth-order valence-corrected chi connectivity index (χ4v) is 5.05. The molecule has 0 spiro atoms. The summed E-state index contributed by atoms with van der Waals surface area (Å²) in [5, 5.41) is 11.4. The first-order chi connectivity index (χ1) is 15.4. The Hall–Kier alpha value is -3.34. The Labute approximate surface area is 188 Å². The Bertz CT molecular complexity index is 1200. The maximum Gasteiger partial charge on any atom is 0.162 e. The Balaban J connectivity index is 1.69. The highest BCUT2D eigenvalue weighted by Crippen LogP contribution is 2.51. The van der Waals surface area contributed by atoms with Gasteiger partial charge in [0.05, 0.1) is 12.8 Å². The third-order valence-electron chi connectivity index (χ3n) is 6.67. The van der Waals surface area contributed by atoms with Gasteiger partial charge in [-0.25, -0.2) is 0 Å². The molecule has 2 N–H and O–H groups in total. The topological polar surface area (TPSA) is 67.0 Å². The standard InChI is InChI=1S/C27H29N3O2/c1-5-16-6-8-18(9-7-16)25-24-22(17-10-12-19(32-4)13-11-17)23-20(28-26(24)30-29-25)14-27(2,3)15-21(23)31/h6-13,22H,5,14-15H2,1-4H3,(H2,28,29,30)/t22-/m1/s1. The number of nitrogens with zero attached hydrogens (tertiary/aromatic N) is 1. The molecule has 5 rings (SSSR count). The van der Waals surface area contributed by atoms with Crippen LogP contribution >= 0.6 is 0 Å². The van der Waals surface area contributed by atoms with E-state index >= 15 is 0 Å². The van der Waals surface area contributed by atoms with Crippen LogP contribution in [0.3, 0.4) is 0 Å². The second-order valence-corrected chi connectivity index (χ2v) is 9.58. The van der Waals surface area contributed by atoms with Crippen molar-refractivity contribution in [1.82, 2.24) is 10.2 Å². The molecule has 5 nitrogen and oxygen atoms in total. The van der Waals surface area contributed by atoms with Crippen molar-refractivity contribution >= 4 is 11.6 Å². The molecular formula is C27H29N3O2. The molecule has 2 aromatic carbocycles. The number of hydrogen-bond donors (Lipinski definition) is 2. The molecule has 0 fully saturated rings. The lowest BCUT2D eigenvalue weighted by Crippen LogP contribution is -2.33. The van der Waals surface area contributed by atoms with Gasteiger partial charge in [0.15, 0.2) is 11.6 Å². The highest BCUT2D eigenvalue weighted by molar-refractivity contribution is 6.02. The summed E-state index contributed by atoms with van der Waals surface area (Å²) in [7, 11) is 1.67. The molecule has 1 atom stereocenters. The van der Waals surface area contributed by atoms with Crippen molar-refractivity contribution in [2.45, 2.75) is 46.0 Å². The molecule has 164 valence electrons. The number of allylic oxidation sites excluding steroid dienone is 2. The second-order valence-electron chi connectivity index (χ2n) is 9.58. The van der Waals surface area contributed by atoms with Crippen molar-refractivity contribution in [3.05, 3.63) is 76.5 Å². The van der Waals surface area contributed by atoms with E-state index in [1.54, 1.807) is 7.11 Å². The molecule has 0 saturated carbocycles. The van der Waals surface area contributed by atoms with Gasteiger partial charge in [-0.3, -0.25) is 9.89 Å². The molecule has 1 aliphatic carbocycles. The molecule has 0 amide bonds. The van der Waals surface area contributed by atoms with Crippen LogP contribution in [0.5, 0.6) is 5.75 Å². The summed E-state index contributed by atoms with van der Waals surface area (Å²) in [6, 6.07) is 16.6. The average molecular weight is 428 g/mol. The van der Waals surface area contributed by atoms with Crippen molar-refractivity contribution in [3.8, 4) is 17.0 Å². The van der Waals surface area contributed by atoms with Gasteiger partial charge in [0.1, 0.15) is 5.75 Å². The number of carbonyl (C=O) groups excluding carboxylic acids is 1. The van der Waals surface area contributed by atoms with Crippen LogP contribution in [0, 0.1) is 5.41 Å². The SMILES string of the molecule is CCc1ccc(-c2[nH]nc3c2[C@H](c2ccc(OC)cc2)C2=C(CC(C)(C)CC2=O)N3)cc1. The Morgan fingerprint density at radius 3 is 2.44 bits per heavy atom. The summed E-state index contributed by atoms with van der Waals surface area (Å²) in [5.74, 6) is 1.65. The normalized spacial score (nSPS) is 19.2. The van der Waals surface area contributed by atoms with Gasteiger partial charge in [0.2, 0.25) is 0 Å². The number of carbonyl (C=O) groups is 1. The maximum atomic E-state index is 13.5. The van der Waals surface area contributed by atoms with Gasteiger partial charge in [-0.15, -0.1) is 0 Å². The Kier molecular flexibility index (Phi) is 4.92. The van der Waals surface area contributed by atoms with Crippen molar-refractivity contribution in [2.24, 2.45) is 5.41 Å². The highest BCUT2D eigenvalue weighted by Gasteiger charge is 2.42. The minimum absolute atomic E-state index is 0.0694. The van der Waals surface area contributed by atoms with Crippen LogP contribution in [0.2, 0.25) is 0 Å². The smallest absolute Gasteiger partial charge is 0.162 e. The largest absolute Gasteiger partial charge is 0.497 e. The van der Waals surface area contributed by atoms with E-state index in [1.807, 2.05) is 12.1 Å². The van der Waals surface area contributed by atoms with E-state index < -0.39 is 0 Å². The maximum absolute atomic E-state index is 13.5. The average Bonchev–Trinajstić information content (AvgIpc) is 3.20. The van der Waals surface area contributed by atoms with Crippen LogP contribution in [-0.4, -0.2) is 23.1 Å². The van der Waals surface area contributed by atoms with Crippen LogP contribution in [0.1, 0.15) is 56.2 Å². The van der Waals surface area contributed by atoms with Gasteiger partial charge in [-0.2, -0.15) is 5.10 Å². The molecule has 0 radical (unpaired) electrons. The van der Waals surface area contributed by atoms with Gasteiger partial charge in [0.25, 0.3) is 0 Å². The van der Waals surface area contributed by atoms with E-state index in [0.717, 1.165) is 58.1 Å². The zero-order valence-corrected chi connectivity index (χ0v) is 19.1. The van der Waals surface area contributed by atoms with Crippen molar-refractivity contribution in [2.75, 3.05) is 12.4 Å². The monoisotopic (exact) mass is 427 g/mol. The molecule has 2 heterocycles. The molecule has 3 aromatic rings. The van der Waals surface area contributed by atoms with Gasteiger partial charge >= 0.3 is 0 Å². The lowest BCUT2D eigenvalue weighted by atomic mass is 9.69. The summed E-state index contributed by atoms with van der Waals surface area (Å²) in [6.45, 7) is 6.46. The quantitative estimate of drug-likeness (QED) is 0.548. The molecule has 0 bridgehead atoms. The number of fused-ring (bicyclic) bond motifs is 1. The number of ether oxygens (including phenoxy) is 1. The number of Topliss-reactive ketones (excluding diaryl/α,β-unsaturated/α-hetero) is 1. The number of aryl methyl sites for hydroxylation is 1. The zero-order chi connectivity index (χ0) is 22.5. The van der Waals surface area contributed by atoms with Crippen LogP contribution in [0.4, 0.5) is 5.82 Å². The number of ketones is 1. The number of aromatic amines is 1. The summed E-state index contributed by atoms with van der Waals surface area (Å²) < 4.78 is 5.37. The van der Waals surface area contributed by atoms with Gasteiger partial charge < -0.3 is 10.1 Å². The molecule has 0 saturated heterocycles. The first-order valence-corrected chi connectivity index (χ1v) is 11.2. The first-order valence-electron chi connectivity index (χ1n) is 11.2. The Morgan fingerprint density at radius 1 is 1.06 bits per heavy atom. The number of rotatable bonds is 4. The van der Waals surface area contributed by atoms with Crippen molar-refractivity contribution in [3.63, 3.8) is 0 Å². The minimum Gasteiger partial charge on any atom is -0.497 e. The molecule has 2 aliphatic rings. The molecule has 0 unspecified atom stereocenters. The third-order valence-corrected chi connectivity index (χ3v) is 6.67. The fourth-order valence-electron chi connectivity index (χ4n) is 5.05. The van der Waals surface area contributed by atoms with Gasteiger partial charge in [-0.1, -0.05) is 57.2 Å². The van der Waals surface area contributed by atoms with E-state index in [9.17, 15) is 4.79 Å². The first kappa shape index (κ1) is 20.6. The summed E-state index contributed by atoms with van der Waals surface area (Å²) in [4.78, 5) is 13.5. The fraction of sp³-hybridized carbons (Fsp3) is 0.333. The molecular weight excluding hydrogens is 398 g/mol. The number of nitrogens with one attached hydrogen (secondary N) is 2. The third kappa shape index (κ3) is 3.42. The van der Waals surface area contributed by atoms with E-state index in [4.69, 9.17) is 4.74 Å². The zero-order valence-electron chi connectivity index (χ0n) is 19.1. The van der Waals surface area contributed by atoms with Crippen LogP contribution in [-0.2, 0) is 11.2 Å². The van der Waals surface area contributed by atoms with Crippen LogP contribution in [0.15, 0.2) is 59.8 Å². The second kappa shape index (κ2) is 7.66. The molecule has 1 aliphatic heterocycles. The number of methoxy groups -OCH3 is 1. The van der Waals surface area contributed by atoms with Crippen molar-refractivity contribution < 1.29 is 9.53 Å². The molecule has 5 heteroatoms. The number of aromatic nitrogens is 2. The van der Waals surface area contributed by atoms with Crippen molar-refractivity contribution in [1.29, 1.82) is 0 Å². The molecule has 1 aromatic heterocycles. The summed E-state index contributed by atoms with van der Waals surface area (Å²) in [5.41, 5.74) is 7.23. The van der Waals surface area contributed by atoms with E-state index in [-0.39, 0.29) is 17.1 Å². The van der Waals surface area contributed by atoms with E-state index in [1.165, 1.54) is 5.56 Å². The van der Waals surface area contributed by atoms with Crippen LogP contribution in [0.25, 0.3) is 11.3 Å².